The Hall–Kier alpha value is -1.31. The Labute approximate surface area is 140 Å². The second kappa shape index (κ2) is 8.52. The average molecular weight is 352 g/mol. The van der Waals surface area contributed by atoms with E-state index in [4.69, 9.17) is 0 Å². The number of nitrogens with one attached hydrogen (secondary N) is 1. The molecule has 4 nitrogen and oxygen atoms in total. The first-order valence-electron chi connectivity index (χ1n) is 7.20. The lowest BCUT2D eigenvalue weighted by Gasteiger charge is -2.29. The third-order valence-electron chi connectivity index (χ3n) is 3.64. The molecule has 8 heteroatoms. The second-order valence-electron chi connectivity index (χ2n) is 5.46. The topological polar surface area (TPSA) is 35.6 Å². The molecule has 0 unspecified atom stereocenters. The molecule has 0 bridgehead atoms. The highest BCUT2D eigenvalue weighted by molar-refractivity contribution is 5.85. The first-order chi connectivity index (χ1) is 10.4. The van der Waals surface area contributed by atoms with Crippen LogP contribution in [0.5, 0.6) is 0 Å². The number of piperazine rings is 1. The van der Waals surface area contributed by atoms with Crippen molar-refractivity contribution in [2.75, 3.05) is 39.8 Å². The average Bonchev–Trinajstić information content (AvgIpc) is 2.47. The Morgan fingerprint density at radius 3 is 2.48 bits per heavy atom. The second-order valence-corrected chi connectivity index (χ2v) is 5.46. The van der Waals surface area contributed by atoms with Crippen molar-refractivity contribution in [2.45, 2.75) is 12.7 Å². The van der Waals surface area contributed by atoms with E-state index in [1.165, 1.54) is 12.1 Å². The molecule has 1 saturated heterocycles. The monoisotopic (exact) mass is 351 g/mol. The highest BCUT2D eigenvalue weighted by atomic mass is 35.5. The van der Waals surface area contributed by atoms with E-state index < -0.39 is 11.7 Å². The number of hydrogen-bond donors (Lipinski definition) is 1. The predicted molar refractivity (Wildman–Crippen MR) is 84.5 cm³/mol. The molecule has 1 heterocycles. The van der Waals surface area contributed by atoms with Gasteiger partial charge in [-0.15, -0.1) is 12.4 Å². The molecular weight excluding hydrogens is 331 g/mol. The Morgan fingerprint density at radius 2 is 1.87 bits per heavy atom. The fourth-order valence-electron chi connectivity index (χ4n) is 2.53. The van der Waals surface area contributed by atoms with Crippen LogP contribution >= 0.6 is 12.4 Å². The molecule has 2 rings (SSSR count). The van der Waals surface area contributed by atoms with Gasteiger partial charge in [-0.05, 0) is 18.7 Å². The number of carbonyl (C=O) groups excluding carboxylic acids is 1. The zero-order valence-electron chi connectivity index (χ0n) is 12.9. The number of likely N-dealkylation sites (N-methyl/N-ethyl adjacent to an activating group) is 1. The van der Waals surface area contributed by atoms with Crippen molar-refractivity contribution in [1.29, 1.82) is 0 Å². The number of carbonyl (C=O) groups is 1. The van der Waals surface area contributed by atoms with Gasteiger partial charge in [-0.25, -0.2) is 0 Å². The smallest absolute Gasteiger partial charge is 0.339 e. The number of nitrogens with zero attached hydrogens (tertiary/aromatic N) is 2. The van der Waals surface area contributed by atoms with Gasteiger partial charge in [0.15, 0.2) is 0 Å². The van der Waals surface area contributed by atoms with Crippen molar-refractivity contribution in [1.82, 2.24) is 15.1 Å². The van der Waals surface area contributed by atoms with Crippen LogP contribution in [0.3, 0.4) is 0 Å². The fourth-order valence-corrected chi connectivity index (χ4v) is 2.53. The lowest BCUT2D eigenvalue weighted by atomic mass is 10.1. The van der Waals surface area contributed by atoms with E-state index in [2.05, 4.69) is 5.32 Å². The summed E-state index contributed by atoms with van der Waals surface area (Å²) >= 11 is 0. The minimum absolute atomic E-state index is 0. The molecule has 1 fully saturated rings. The maximum absolute atomic E-state index is 13.0. The molecule has 1 aromatic carbocycles. The van der Waals surface area contributed by atoms with Gasteiger partial charge in [0.2, 0.25) is 5.91 Å². The van der Waals surface area contributed by atoms with Crippen LogP contribution in [-0.2, 0) is 17.5 Å². The Bertz CT molecular complexity index is 519. The summed E-state index contributed by atoms with van der Waals surface area (Å²) in [5.41, 5.74) is -0.456. The van der Waals surface area contributed by atoms with Gasteiger partial charge < -0.3 is 10.2 Å². The largest absolute Gasteiger partial charge is 0.416 e. The van der Waals surface area contributed by atoms with E-state index in [1.54, 1.807) is 22.9 Å². The summed E-state index contributed by atoms with van der Waals surface area (Å²) < 4.78 is 38.9. The van der Waals surface area contributed by atoms with Crippen molar-refractivity contribution < 1.29 is 18.0 Å². The van der Waals surface area contributed by atoms with Crippen molar-refractivity contribution in [2.24, 2.45) is 0 Å². The number of rotatable bonds is 4. The first-order valence-corrected chi connectivity index (χ1v) is 7.20. The molecule has 1 aliphatic rings. The van der Waals surface area contributed by atoms with Crippen LogP contribution in [0.1, 0.15) is 11.1 Å². The molecule has 0 saturated carbocycles. The molecule has 1 aromatic rings. The standard InChI is InChI=1S/C15H20F3N3O.ClH/c1-20(11-14(22)21-8-6-19-7-9-21)10-12-4-2-3-5-13(12)15(16,17)18;/h2-5,19H,6-11H2,1H3;1H. The van der Waals surface area contributed by atoms with Gasteiger partial charge in [-0.1, -0.05) is 18.2 Å². The van der Waals surface area contributed by atoms with Crippen molar-refractivity contribution in [3.8, 4) is 0 Å². The Kier molecular flexibility index (Phi) is 7.31. The summed E-state index contributed by atoms with van der Waals surface area (Å²) in [5, 5.41) is 3.15. The van der Waals surface area contributed by atoms with E-state index in [0.717, 1.165) is 19.2 Å². The summed E-state index contributed by atoms with van der Waals surface area (Å²) in [6, 6.07) is 5.48. The van der Waals surface area contributed by atoms with Crippen LogP contribution in [0.25, 0.3) is 0 Å². The van der Waals surface area contributed by atoms with Gasteiger partial charge in [0, 0.05) is 32.7 Å². The highest BCUT2D eigenvalue weighted by Crippen LogP contribution is 2.32. The fraction of sp³-hybridized carbons (Fsp3) is 0.533. The zero-order chi connectivity index (χ0) is 16.2. The van der Waals surface area contributed by atoms with Crippen LogP contribution in [0.15, 0.2) is 24.3 Å². The van der Waals surface area contributed by atoms with E-state index in [-0.39, 0.29) is 37.0 Å². The van der Waals surface area contributed by atoms with Gasteiger partial charge in [0.25, 0.3) is 0 Å². The lowest BCUT2D eigenvalue weighted by molar-refractivity contribution is -0.138. The molecule has 0 spiro atoms. The van der Waals surface area contributed by atoms with Crippen LogP contribution < -0.4 is 5.32 Å². The van der Waals surface area contributed by atoms with Gasteiger partial charge in [0.05, 0.1) is 12.1 Å². The summed E-state index contributed by atoms with van der Waals surface area (Å²) in [6.45, 7) is 3.01. The van der Waals surface area contributed by atoms with Crippen LogP contribution in [0, 0.1) is 0 Å². The maximum Gasteiger partial charge on any atom is 0.416 e. The lowest BCUT2D eigenvalue weighted by Crippen LogP contribution is -2.49. The maximum atomic E-state index is 13.0. The summed E-state index contributed by atoms with van der Waals surface area (Å²) in [4.78, 5) is 15.5. The molecule has 0 atom stereocenters. The number of alkyl halides is 3. The molecule has 130 valence electrons. The predicted octanol–water partition coefficient (Wildman–Crippen LogP) is 1.99. The third kappa shape index (κ3) is 5.67. The number of halogens is 4. The minimum Gasteiger partial charge on any atom is -0.339 e. The summed E-state index contributed by atoms with van der Waals surface area (Å²) in [5.74, 6) is -0.0477. The number of hydrogen-bond acceptors (Lipinski definition) is 3. The minimum atomic E-state index is -4.38. The third-order valence-corrected chi connectivity index (χ3v) is 3.64. The number of amides is 1. The van der Waals surface area contributed by atoms with Gasteiger partial charge >= 0.3 is 6.18 Å². The molecule has 0 radical (unpaired) electrons. The van der Waals surface area contributed by atoms with Crippen molar-refractivity contribution in [3.63, 3.8) is 0 Å². The highest BCUT2D eigenvalue weighted by Gasteiger charge is 2.33. The quantitative estimate of drug-likeness (QED) is 0.901. The SMILES string of the molecule is CN(CC(=O)N1CCNCC1)Cc1ccccc1C(F)(F)F.Cl. The van der Waals surface area contributed by atoms with Gasteiger partial charge in [0.1, 0.15) is 0 Å². The molecule has 1 N–H and O–H groups in total. The van der Waals surface area contributed by atoms with Crippen LogP contribution in [0.2, 0.25) is 0 Å². The molecular formula is C15H21ClF3N3O. The Balaban J connectivity index is 0.00000264. The van der Waals surface area contributed by atoms with E-state index >= 15 is 0 Å². The normalized spacial score (nSPS) is 15.4. The summed E-state index contributed by atoms with van der Waals surface area (Å²) in [7, 11) is 1.66. The van der Waals surface area contributed by atoms with E-state index in [9.17, 15) is 18.0 Å². The summed E-state index contributed by atoms with van der Waals surface area (Å²) in [6.07, 6.45) is -4.38. The number of benzene rings is 1. The van der Waals surface area contributed by atoms with E-state index in [0.29, 0.717) is 13.1 Å². The van der Waals surface area contributed by atoms with Crippen molar-refractivity contribution in [3.05, 3.63) is 35.4 Å². The van der Waals surface area contributed by atoms with Crippen LogP contribution in [0.4, 0.5) is 13.2 Å². The van der Waals surface area contributed by atoms with Gasteiger partial charge in [-0.3, -0.25) is 9.69 Å². The Morgan fingerprint density at radius 1 is 1.26 bits per heavy atom. The molecule has 1 aliphatic heterocycles. The molecule has 1 amide bonds. The van der Waals surface area contributed by atoms with Crippen LogP contribution in [-0.4, -0.2) is 55.5 Å². The molecule has 0 aromatic heterocycles. The van der Waals surface area contributed by atoms with E-state index in [1.807, 2.05) is 0 Å². The van der Waals surface area contributed by atoms with Gasteiger partial charge in [-0.2, -0.15) is 13.2 Å². The zero-order valence-corrected chi connectivity index (χ0v) is 13.7. The molecule has 23 heavy (non-hydrogen) atoms. The van der Waals surface area contributed by atoms with Crippen molar-refractivity contribution >= 4 is 18.3 Å². The molecule has 0 aliphatic carbocycles. The first kappa shape index (κ1) is 19.7.